The molecule has 0 saturated carbocycles. The summed E-state index contributed by atoms with van der Waals surface area (Å²) in [6, 6.07) is -1.69. The summed E-state index contributed by atoms with van der Waals surface area (Å²) in [5.41, 5.74) is 5.17. The lowest BCUT2D eigenvalue weighted by Gasteiger charge is -2.31. The van der Waals surface area contributed by atoms with Gasteiger partial charge in [0.15, 0.2) is 0 Å². The van der Waals surface area contributed by atoms with E-state index >= 15 is 0 Å². The van der Waals surface area contributed by atoms with Crippen LogP contribution in [0.25, 0.3) is 0 Å². The predicted octanol–water partition coefficient (Wildman–Crippen LogP) is 1.15. The summed E-state index contributed by atoms with van der Waals surface area (Å²) in [6.45, 7) is 2.99. The number of halogens is 3. The molecule has 0 fully saturated rings. The molecule has 2 N–H and O–H groups in total. The summed E-state index contributed by atoms with van der Waals surface area (Å²) in [7, 11) is 0. The Morgan fingerprint density at radius 3 is 2.35 bits per heavy atom. The summed E-state index contributed by atoms with van der Waals surface area (Å²) in [5.74, 6) is -0.652. The molecule has 17 heavy (non-hydrogen) atoms. The van der Waals surface area contributed by atoms with Crippen LogP contribution in [-0.4, -0.2) is 49.3 Å². The van der Waals surface area contributed by atoms with Crippen LogP contribution in [0.15, 0.2) is 0 Å². The first-order chi connectivity index (χ1) is 7.86. The third-order valence-corrected chi connectivity index (χ3v) is 2.30. The van der Waals surface area contributed by atoms with Gasteiger partial charge in [-0.1, -0.05) is 6.92 Å². The van der Waals surface area contributed by atoms with Crippen LogP contribution >= 0.6 is 0 Å². The van der Waals surface area contributed by atoms with Gasteiger partial charge in [-0.05, 0) is 26.4 Å². The first kappa shape index (κ1) is 16.2. The minimum absolute atomic E-state index is 0.0799. The van der Waals surface area contributed by atoms with Gasteiger partial charge in [0.25, 0.3) is 0 Å². The van der Waals surface area contributed by atoms with Gasteiger partial charge < -0.3 is 10.5 Å². The van der Waals surface area contributed by atoms with E-state index in [-0.39, 0.29) is 32.7 Å². The van der Waals surface area contributed by atoms with E-state index in [1.165, 1.54) is 0 Å². The third-order valence-electron chi connectivity index (χ3n) is 2.30. The number of rotatable bonds is 7. The molecule has 7 heteroatoms. The van der Waals surface area contributed by atoms with Gasteiger partial charge in [-0.2, -0.15) is 13.2 Å². The van der Waals surface area contributed by atoms with Crippen molar-refractivity contribution in [3.05, 3.63) is 0 Å². The minimum atomic E-state index is -4.39. The zero-order chi connectivity index (χ0) is 13.5. The summed E-state index contributed by atoms with van der Waals surface area (Å²) in [4.78, 5) is 12.2. The van der Waals surface area contributed by atoms with Crippen molar-refractivity contribution in [1.82, 2.24) is 4.90 Å². The molecule has 0 rings (SSSR count). The number of carbonyl (C=O) groups is 1. The van der Waals surface area contributed by atoms with Crippen molar-refractivity contribution in [3.8, 4) is 0 Å². The highest BCUT2D eigenvalue weighted by Gasteiger charge is 2.42. The van der Waals surface area contributed by atoms with E-state index in [0.717, 1.165) is 4.90 Å². The van der Waals surface area contributed by atoms with Crippen LogP contribution in [0, 0.1) is 0 Å². The summed E-state index contributed by atoms with van der Waals surface area (Å²) >= 11 is 0. The van der Waals surface area contributed by atoms with Crippen molar-refractivity contribution in [3.63, 3.8) is 0 Å². The molecule has 0 aromatic rings. The molecule has 0 aromatic heterocycles. The van der Waals surface area contributed by atoms with Crippen LogP contribution in [-0.2, 0) is 9.53 Å². The molecule has 0 heterocycles. The van der Waals surface area contributed by atoms with E-state index in [4.69, 9.17) is 5.73 Å². The Bertz CT molecular complexity index is 234. The zero-order valence-corrected chi connectivity index (χ0v) is 10.1. The number of hydrogen-bond acceptors (Lipinski definition) is 4. The average Bonchev–Trinajstić information content (AvgIpc) is 2.22. The van der Waals surface area contributed by atoms with E-state index < -0.39 is 18.2 Å². The Morgan fingerprint density at radius 1 is 1.41 bits per heavy atom. The predicted molar refractivity (Wildman–Crippen MR) is 57.4 cm³/mol. The fourth-order valence-corrected chi connectivity index (χ4v) is 1.53. The molecule has 0 bridgehead atoms. The van der Waals surface area contributed by atoms with Crippen molar-refractivity contribution in [2.45, 2.75) is 32.5 Å². The molecule has 1 unspecified atom stereocenters. The highest BCUT2D eigenvalue weighted by Crippen LogP contribution is 2.26. The highest BCUT2D eigenvalue weighted by molar-refractivity contribution is 5.71. The molecule has 0 aliphatic carbocycles. The van der Waals surface area contributed by atoms with Gasteiger partial charge in [-0.3, -0.25) is 9.69 Å². The van der Waals surface area contributed by atoms with Crippen LogP contribution in [0.4, 0.5) is 13.2 Å². The normalized spacial score (nSPS) is 13.8. The van der Waals surface area contributed by atoms with Crippen molar-refractivity contribution < 1.29 is 22.7 Å². The first-order valence-corrected chi connectivity index (χ1v) is 5.53. The topological polar surface area (TPSA) is 55.6 Å². The van der Waals surface area contributed by atoms with E-state index in [9.17, 15) is 18.0 Å². The number of likely N-dealkylation sites (N-methyl/N-ethyl adjacent to an activating group) is 1. The minimum Gasteiger partial charge on any atom is -0.465 e. The van der Waals surface area contributed by atoms with E-state index in [0.29, 0.717) is 0 Å². The molecule has 0 radical (unpaired) electrons. The Morgan fingerprint density at radius 2 is 2.00 bits per heavy atom. The quantitative estimate of drug-likeness (QED) is 0.694. The molecule has 0 spiro atoms. The molecule has 4 nitrogen and oxygen atoms in total. The third kappa shape index (κ3) is 5.88. The van der Waals surface area contributed by atoms with Crippen molar-refractivity contribution in [1.29, 1.82) is 0 Å². The van der Waals surface area contributed by atoms with E-state index in [1.54, 1.807) is 13.8 Å². The van der Waals surface area contributed by atoms with E-state index in [2.05, 4.69) is 4.74 Å². The smallest absolute Gasteiger partial charge is 0.404 e. The largest absolute Gasteiger partial charge is 0.465 e. The lowest BCUT2D eigenvalue weighted by molar-refractivity contribution is -0.187. The lowest BCUT2D eigenvalue weighted by atomic mass is 10.1. The van der Waals surface area contributed by atoms with Crippen LogP contribution in [0.5, 0.6) is 0 Å². The number of carbonyl (C=O) groups excluding carboxylic acids is 1. The fourth-order valence-electron chi connectivity index (χ4n) is 1.53. The van der Waals surface area contributed by atoms with Gasteiger partial charge in [0.2, 0.25) is 0 Å². The molecular weight excluding hydrogens is 237 g/mol. The van der Waals surface area contributed by atoms with Crippen LogP contribution in [0.2, 0.25) is 0 Å². The molecule has 0 aliphatic rings. The van der Waals surface area contributed by atoms with Gasteiger partial charge in [0.05, 0.1) is 13.2 Å². The van der Waals surface area contributed by atoms with Gasteiger partial charge in [-0.25, -0.2) is 0 Å². The number of esters is 1. The molecule has 0 amide bonds. The lowest BCUT2D eigenvalue weighted by Crippen LogP contribution is -2.49. The highest BCUT2D eigenvalue weighted by atomic mass is 19.4. The second-order valence-electron chi connectivity index (χ2n) is 3.50. The second-order valence-corrected chi connectivity index (χ2v) is 3.50. The number of nitrogens with two attached hydrogens (primary N) is 1. The maximum Gasteiger partial charge on any atom is 0.404 e. The second kappa shape index (κ2) is 7.50. The summed E-state index contributed by atoms with van der Waals surface area (Å²) < 4.78 is 42.8. The number of hydrogen-bond donors (Lipinski definition) is 1. The Kier molecular flexibility index (Phi) is 7.13. The summed E-state index contributed by atoms with van der Waals surface area (Å²) in [5, 5.41) is 0. The van der Waals surface area contributed by atoms with Gasteiger partial charge in [0, 0.05) is 0 Å². The molecular formula is C10H19F3N2O2. The number of nitrogens with zero attached hydrogens (tertiary/aromatic N) is 1. The van der Waals surface area contributed by atoms with Gasteiger partial charge in [0.1, 0.15) is 6.04 Å². The molecule has 0 aromatic carbocycles. The van der Waals surface area contributed by atoms with Crippen LogP contribution < -0.4 is 5.73 Å². The van der Waals surface area contributed by atoms with Crippen LogP contribution in [0.1, 0.15) is 20.3 Å². The summed E-state index contributed by atoms with van der Waals surface area (Å²) in [6.07, 6.45) is -4.61. The standard InChI is InChI=1S/C10H19F3N2O2/c1-3-15(7-9(16)17-4-2)8(5-6-14)10(11,12)13/h8H,3-7,14H2,1-2H3. The first-order valence-electron chi connectivity index (χ1n) is 5.53. The van der Waals surface area contributed by atoms with Crippen molar-refractivity contribution in [2.24, 2.45) is 5.73 Å². The van der Waals surface area contributed by atoms with Gasteiger partial charge >= 0.3 is 12.1 Å². The number of ether oxygens (including phenoxy) is 1. The van der Waals surface area contributed by atoms with Crippen molar-refractivity contribution >= 4 is 5.97 Å². The molecule has 0 saturated heterocycles. The Hall–Kier alpha value is -0.820. The maximum atomic E-state index is 12.7. The van der Waals surface area contributed by atoms with Gasteiger partial charge in [-0.15, -0.1) is 0 Å². The maximum absolute atomic E-state index is 12.7. The SMILES string of the molecule is CCOC(=O)CN(CC)C(CCN)C(F)(F)F. The monoisotopic (exact) mass is 256 g/mol. The molecule has 0 aliphatic heterocycles. The van der Waals surface area contributed by atoms with E-state index in [1.807, 2.05) is 0 Å². The van der Waals surface area contributed by atoms with Crippen LogP contribution in [0.3, 0.4) is 0 Å². The molecule has 102 valence electrons. The molecule has 1 atom stereocenters. The number of alkyl halides is 3. The Balaban J connectivity index is 4.61. The van der Waals surface area contributed by atoms with Crippen molar-refractivity contribution in [2.75, 3.05) is 26.2 Å². The Labute approximate surface area is 98.9 Å². The average molecular weight is 256 g/mol. The zero-order valence-electron chi connectivity index (χ0n) is 10.1. The fraction of sp³-hybridized carbons (Fsp3) is 0.900.